The molecule has 1 N–H and O–H groups in total. The van der Waals surface area contributed by atoms with E-state index in [4.69, 9.17) is 11.6 Å². The van der Waals surface area contributed by atoms with Crippen LogP contribution in [0, 0.1) is 10.5 Å². The first kappa shape index (κ1) is 14.3. The molecule has 0 aliphatic heterocycles. The van der Waals surface area contributed by atoms with Crippen molar-refractivity contribution in [2.45, 2.75) is 13.5 Å². The van der Waals surface area contributed by atoms with E-state index in [1.54, 1.807) is 12.1 Å². The number of aryl methyl sites for hydroxylation is 1. The smallest absolute Gasteiger partial charge is 0.251 e. The van der Waals surface area contributed by atoms with Crippen LogP contribution in [0.5, 0.6) is 0 Å². The van der Waals surface area contributed by atoms with Crippen molar-refractivity contribution in [3.63, 3.8) is 0 Å². The van der Waals surface area contributed by atoms with Crippen molar-refractivity contribution in [1.29, 1.82) is 0 Å². The Balaban J connectivity index is 2.03. The molecule has 2 rings (SSSR count). The summed E-state index contributed by atoms with van der Waals surface area (Å²) < 4.78 is 0.939. The Morgan fingerprint density at radius 2 is 2.05 bits per heavy atom. The van der Waals surface area contributed by atoms with Crippen molar-refractivity contribution < 1.29 is 4.79 Å². The highest BCUT2D eigenvalue weighted by molar-refractivity contribution is 14.1. The van der Waals surface area contributed by atoms with E-state index in [0.717, 1.165) is 9.13 Å². The summed E-state index contributed by atoms with van der Waals surface area (Å²) in [6, 6.07) is 13.4. The van der Waals surface area contributed by atoms with E-state index in [1.165, 1.54) is 5.56 Å². The van der Waals surface area contributed by atoms with Gasteiger partial charge in [-0.1, -0.05) is 41.4 Å². The average Bonchev–Trinajstić information content (AvgIpc) is 2.39. The molecular weight excluding hydrogens is 373 g/mol. The van der Waals surface area contributed by atoms with Gasteiger partial charge in [-0.15, -0.1) is 0 Å². The molecule has 0 aliphatic rings. The van der Waals surface area contributed by atoms with Gasteiger partial charge in [0, 0.05) is 15.7 Å². The average molecular weight is 386 g/mol. The van der Waals surface area contributed by atoms with Crippen LogP contribution in [0.1, 0.15) is 21.5 Å². The summed E-state index contributed by atoms with van der Waals surface area (Å²) in [5.41, 5.74) is 2.85. The molecule has 98 valence electrons. The minimum atomic E-state index is -0.111. The van der Waals surface area contributed by atoms with Gasteiger partial charge in [0.2, 0.25) is 0 Å². The van der Waals surface area contributed by atoms with E-state index in [-0.39, 0.29) is 5.91 Å². The number of halogens is 2. The maximum atomic E-state index is 12.0. The van der Waals surface area contributed by atoms with Gasteiger partial charge in [0.1, 0.15) is 0 Å². The van der Waals surface area contributed by atoms with Gasteiger partial charge in [-0.05, 0) is 53.3 Å². The molecule has 0 radical (unpaired) electrons. The summed E-state index contributed by atoms with van der Waals surface area (Å²) >= 11 is 8.14. The van der Waals surface area contributed by atoms with Crippen LogP contribution in [0.2, 0.25) is 5.02 Å². The summed E-state index contributed by atoms with van der Waals surface area (Å²) in [7, 11) is 0. The van der Waals surface area contributed by atoms with Gasteiger partial charge in [-0.25, -0.2) is 0 Å². The SMILES string of the molecule is Cc1cccc(CNC(=O)c2ccc(I)c(Cl)c2)c1. The molecule has 0 bridgehead atoms. The van der Waals surface area contributed by atoms with Crippen LogP contribution in [-0.4, -0.2) is 5.91 Å². The van der Waals surface area contributed by atoms with Crippen molar-refractivity contribution in [3.8, 4) is 0 Å². The Morgan fingerprint density at radius 3 is 2.74 bits per heavy atom. The molecule has 0 saturated heterocycles. The van der Waals surface area contributed by atoms with E-state index in [0.29, 0.717) is 17.1 Å². The maximum Gasteiger partial charge on any atom is 0.251 e. The molecule has 2 aromatic carbocycles. The third-order valence-corrected chi connectivity index (χ3v) is 4.29. The van der Waals surface area contributed by atoms with Gasteiger partial charge < -0.3 is 5.32 Å². The van der Waals surface area contributed by atoms with Crippen LogP contribution in [0.15, 0.2) is 42.5 Å². The van der Waals surface area contributed by atoms with Crippen molar-refractivity contribution in [2.24, 2.45) is 0 Å². The molecular formula is C15H13ClINO. The summed E-state index contributed by atoms with van der Waals surface area (Å²) in [6.45, 7) is 2.55. The summed E-state index contributed by atoms with van der Waals surface area (Å²) in [4.78, 5) is 12.0. The van der Waals surface area contributed by atoms with Crippen LogP contribution < -0.4 is 5.32 Å². The summed E-state index contributed by atoms with van der Waals surface area (Å²) in [5.74, 6) is -0.111. The first-order chi connectivity index (χ1) is 9.06. The van der Waals surface area contributed by atoms with Crippen LogP contribution in [0.3, 0.4) is 0 Å². The second kappa shape index (κ2) is 6.39. The molecule has 2 aromatic rings. The third kappa shape index (κ3) is 3.94. The van der Waals surface area contributed by atoms with Crippen molar-refractivity contribution in [3.05, 3.63) is 67.7 Å². The van der Waals surface area contributed by atoms with E-state index in [9.17, 15) is 4.79 Å². The van der Waals surface area contributed by atoms with Crippen LogP contribution >= 0.6 is 34.2 Å². The molecule has 0 unspecified atom stereocenters. The maximum absolute atomic E-state index is 12.0. The predicted octanol–water partition coefficient (Wildman–Crippen LogP) is 4.18. The Kier molecular flexibility index (Phi) is 4.82. The molecule has 0 atom stereocenters. The number of nitrogens with one attached hydrogen (secondary N) is 1. The number of benzene rings is 2. The largest absolute Gasteiger partial charge is 0.348 e. The van der Waals surface area contributed by atoms with Crippen molar-refractivity contribution in [2.75, 3.05) is 0 Å². The zero-order valence-electron chi connectivity index (χ0n) is 10.4. The van der Waals surface area contributed by atoms with Gasteiger partial charge in [0.05, 0.1) is 5.02 Å². The second-order valence-corrected chi connectivity index (χ2v) is 5.87. The highest BCUT2D eigenvalue weighted by Crippen LogP contribution is 2.19. The quantitative estimate of drug-likeness (QED) is 0.789. The van der Waals surface area contributed by atoms with E-state index in [2.05, 4.69) is 34.0 Å². The first-order valence-corrected chi connectivity index (χ1v) is 7.31. The van der Waals surface area contributed by atoms with E-state index in [1.807, 2.05) is 31.2 Å². The van der Waals surface area contributed by atoms with Gasteiger partial charge in [0.25, 0.3) is 5.91 Å². The number of carbonyl (C=O) groups is 1. The Hall–Kier alpha value is -1.07. The van der Waals surface area contributed by atoms with Crippen molar-refractivity contribution >= 4 is 40.1 Å². The fraction of sp³-hybridized carbons (Fsp3) is 0.133. The minimum Gasteiger partial charge on any atom is -0.348 e. The lowest BCUT2D eigenvalue weighted by atomic mass is 10.1. The number of rotatable bonds is 3. The zero-order chi connectivity index (χ0) is 13.8. The van der Waals surface area contributed by atoms with Gasteiger partial charge in [0.15, 0.2) is 0 Å². The van der Waals surface area contributed by atoms with Gasteiger partial charge in [-0.2, -0.15) is 0 Å². The lowest BCUT2D eigenvalue weighted by molar-refractivity contribution is 0.0951. The molecule has 0 aromatic heterocycles. The molecule has 0 aliphatic carbocycles. The minimum absolute atomic E-state index is 0.111. The van der Waals surface area contributed by atoms with Crippen LogP contribution in [0.4, 0.5) is 0 Å². The van der Waals surface area contributed by atoms with Gasteiger partial charge in [-0.3, -0.25) is 4.79 Å². The molecule has 0 fully saturated rings. The van der Waals surface area contributed by atoms with E-state index >= 15 is 0 Å². The summed E-state index contributed by atoms with van der Waals surface area (Å²) in [5, 5.41) is 3.49. The molecule has 1 amide bonds. The topological polar surface area (TPSA) is 29.1 Å². The lowest BCUT2D eigenvalue weighted by Gasteiger charge is -2.07. The molecule has 4 heteroatoms. The zero-order valence-corrected chi connectivity index (χ0v) is 13.3. The molecule has 19 heavy (non-hydrogen) atoms. The fourth-order valence-corrected chi connectivity index (χ4v) is 2.26. The highest BCUT2D eigenvalue weighted by Gasteiger charge is 2.07. The number of hydrogen-bond donors (Lipinski definition) is 1. The number of amides is 1. The lowest BCUT2D eigenvalue weighted by Crippen LogP contribution is -2.22. The normalized spacial score (nSPS) is 10.3. The van der Waals surface area contributed by atoms with E-state index < -0.39 is 0 Å². The fourth-order valence-electron chi connectivity index (χ4n) is 1.74. The second-order valence-electron chi connectivity index (χ2n) is 4.30. The first-order valence-electron chi connectivity index (χ1n) is 5.85. The molecule has 2 nitrogen and oxygen atoms in total. The summed E-state index contributed by atoms with van der Waals surface area (Å²) in [6.07, 6.45) is 0. The van der Waals surface area contributed by atoms with Crippen LogP contribution in [-0.2, 0) is 6.54 Å². The third-order valence-electron chi connectivity index (χ3n) is 2.72. The number of carbonyl (C=O) groups excluding carboxylic acids is 1. The van der Waals surface area contributed by atoms with Gasteiger partial charge >= 0.3 is 0 Å². The number of hydrogen-bond acceptors (Lipinski definition) is 1. The highest BCUT2D eigenvalue weighted by atomic mass is 127. The Labute approximate surface area is 131 Å². The Morgan fingerprint density at radius 1 is 1.26 bits per heavy atom. The molecule has 0 heterocycles. The molecule has 0 saturated carbocycles. The van der Waals surface area contributed by atoms with Crippen LogP contribution in [0.25, 0.3) is 0 Å². The standard InChI is InChI=1S/C15H13ClINO/c1-10-3-2-4-11(7-10)9-18-15(19)12-5-6-14(17)13(16)8-12/h2-8H,9H2,1H3,(H,18,19). The Bertz CT molecular complexity index is 613. The monoisotopic (exact) mass is 385 g/mol. The predicted molar refractivity (Wildman–Crippen MR) is 86.5 cm³/mol. The molecule has 0 spiro atoms. The van der Waals surface area contributed by atoms with Crippen molar-refractivity contribution in [1.82, 2.24) is 5.32 Å².